The first-order chi connectivity index (χ1) is 14.1. The summed E-state index contributed by atoms with van der Waals surface area (Å²) in [7, 11) is 2.01. The maximum absolute atomic E-state index is 13.3. The molecule has 0 radical (unpaired) electrons. The molecule has 1 aliphatic rings. The first kappa shape index (κ1) is 20.0. The van der Waals surface area contributed by atoms with E-state index >= 15 is 0 Å². The van der Waals surface area contributed by atoms with Gasteiger partial charge >= 0.3 is 0 Å². The zero-order valence-corrected chi connectivity index (χ0v) is 17.5. The molecule has 3 aromatic rings. The molecule has 1 N–H and O–H groups in total. The van der Waals surface area contributed by atoms with E-state index in [-0.39, 0.29) is 5.78 Å². The van der Waals surface area contributed by atoms with Crippen molar-refractivity contribution in [3.63, 3.8) is 0 Å². The summed E-state index contributed by atoms with van der Waals surface area (Å²) in [5.41, 5.74) is 2.80. The quantitative estimate of drug-likeness (QED) is 0.532. The summed E-state index contributed by atoms with van der Waals surface area (Å²) in [5.74, 6) is 1.60. The standard InChI is InChI=1S/C24H27ClN2O2/c1-27-21-5-3-2-4-20(21)24(23(28)11-6-17-12-14-26-15-13-17)22(27)16-29-19-9-7-18(25)8-10-19/h2-5,7-10,17,26H,6,11-16H2,1H3. The van der Waals surface area contributed by atoms with E-state index in [1.807, 2.05) is 49.5 Å². The molecule has 2 aromatic carbocycles. The first-order valence-corrected chi connectivity index (χ1v) is 10.7. The van der Waals surface area contributed by atoms with Crippen LogP contribution in [0.25, 0.3) is 10.9 Å². The number of hydrogen-bond acceptors (Lipinski definition) is 3. The molecule has 1 fully saturated rings. The summed E-state index contributed by atoms with van der Waals surface area (Å²) in [6.45, 7) is 2.47. The fourth-order valence-electron chi connectivity index (χ4n) is 4.24. The number of carbonyl (C=O) groups excluding carboxylic acids is 1. The molecule has 4 rings (SSSR count). The Morgan fingerprint density at radius 3 is 2.62 bits per heavy atom. The minimum Gasteiger partial charge on any atom is -0.487 e. The molecule has 29 heavy (non-hydrogen) atoms. The summed E-state index contributed by atoms with van der Waals surface area (Å²) < 4.78 is 8.09. The Balaban J connectivity index is 1.57. The maximum Gasteiger partial charge on any atom is 0.165 e. The Labute approximate surface area is 176 Å². The van der Waals surface area contributed by atoms with Gasteiger partial charge in [0.25, 0.3) is 0 Å². The van der Waals surface area contributed by atoms with Crippen LogP contribution in [0.3, 0.4) is 0 Å². The molecule has 0 amide bonds. The molecule has 1 aromatic heterocycles. The third kappa shape index (κ3) is 4.49. The molecule has 5 heteroatoms. The number of nitrogens with one attached hydrogen (secondary N) is 1. The minimum atomic E-state index is 0.218. The van der Waals surface area contributed by atoms with Gasteiger partial charge in [-0.25, -0.2) is 0 Å². The maximum atomic E-state index is 13.3. The highest BCUT2D eigenvalue weighted by Crippen LogP contribution is 2.29. The van der Waals surface area contributed by atoms with Gasteiger partial charge in [-0.05, 0) is 68.6 Å². The summed E-state index contributed by atoms with van der Waals surface area (Å²) in [4.78, 5) is 13.3. The fraction of sp³-hybridized carbons (Fsp3) is 0.375. The molecular formula is C24H27ClN2O2. The lowest BCUT2D eigenvalue weighted by atomic mass is 9.90. The van der Waals surface area contributed by atoms with Crippen LogP contribution in [-0.2, 0) is 13.7 Å². The largest absolute Gasteiger partial charge is 0.487 e. The van der Waals surface area contributed by atoms with Gasteiger partial charge < -0.3 is 14.6 Å². The van der Waals surface area contributed by atoms with Gasteiger partial charge in [0.2, 0.25) is 0 Å². The van der Waals surface area contributed by atoms with Crippen LogP contribution < -0.4 is 10.1 Å². The number of carbonyl (C=O) groups is 1. The highest BCUT2D eigenvalue weighted by Gasteiger charge is 2.23. The Morgan fingerprint density at radius 1 is 1.14 bits per heavy atom. The third-order valence-electron chi connectivity index (χ3n) is 5.93. The molecule has 0 bridgehead atoms. The van der Waals surface area contributed by atoms with Crippen molar-refractivity contribution in [3.05, 3.63) is 64.8 Å². The monoisotopic (exact) mass is 410 g/mol. The lowest BCUT2D eigenvalue weighted by Crippen LogP contribution is -2.28. The zero-order valence-electron chi connectivity index (χ0n) is 16.8. The van der Waals surface area contributed by atoms with E-state index in [0.717, 1.165) is 60.3 Å². The van der Waals surface area contributed by atoms with E-state index in [4.69, 9.17) is 16.3 Å². The number of aryl methyl sites for hydroxylation is 1. The predicted molar refractivity (Wildman–Crippen MR) is 118 cm³/mol. The van der Waals surface area contributed by atoms with Crippen LogP contribution >= 0.6 is 11.6 Å². The van der Waals surface area contributed by atoms with Gasteiger partial charge in [-0.3, -0.25) is 4.79 Å². The average molecular weight is 411 g/mol. The molecule has 0 atom stereocenters. The minimum absolute atomic E-state index is 0.218. The topological polar surface area (TPSA) is 43.3 Å². The molecule has 0 unspecified atom stereocenters. The highest BCUT2D eigenvalue weighted by atomic mass is 35.5. The molecule has 0 aliphatic carbocycles. The average Bonchev–Trinajstić information content (AvgIpc) is 3.04. The van der Waals surface area contributed by atoms with Gasteiger partial charge in [0.05, 0.1) is 5.69 Å². The lowest BCUT2D eigenvalue weighted by molar-refractivity contribution is 0.0969. The number of nitrogens with zero attached hydrogens (tertiary/aromatic N) is 1. The Kier molecular flexibility index (Phi) is 6.22. The second kappa shape index (κ2) is 9.02. The van der Waals surface area contributed by atoms with Gasteiger partial charge in [0.1, 0.15) is 12.4 Å². The van der Waals surface area contributed by atoms with Crippen LogP contribution in [0.4, 0.5) is 0 Å². The molecule has 0 spiro atoms. The van der Waals surface area contributed by atoms with Crippen LogP contribution in [-0.4, -0.2) is 23.4 Å². The van der Waals surface area contributed by atoms with Crippen LogP contribution in [0.1, 0.15) is 41.7 Å². The number of fused-ring (bicyclic) bond motifs is 1. The highest BCUT2D eigenvalue weighted by molar-refractivity contribution is 6.30. The van der Waals surface area contributed by atoms with E-state index in [1.165, 1.54) is 0 Å². The van der Waals surface area contributed by atoms with Gasteiger partial charge in [0.15, 0.2) is 5.78 Å². The SMILES string of the molecule is Cn1c(COc2ccc(Cl)cc2)c(C(=O)CCC2CCNCC2)c2ccccc21. The Bertz CT molecular complexity index is 988. The van der Waals surface area contributed by atoms with Gasteiger partial charge in [-0.15, -0.1) is 0 Å². The molecule has 1 aliphatic heterocycles. The molecule has 2 heterocycles. The summed E-state index contributed by atoms with van der Waals surface area (Å²) in [5, 5.41) is 5.08. The number of aromatic nitrogens is 1. The second-order valence-electron chi connectivity index (χ2n) is 7.80. The number of ether oxygens (including phenoxy) is 1. The molecule has 0 saturated carbocycles. The number of Topliss-reactive ketones (excluding diaryl/α,β-unsaturated/α-hetero) is 1. The third-order valence-corrected chi connectivity index (χ3v) is 6.19. The van der Waals surface area contributed by atoms with E-state index in [0.29, 0.717) is 24.0 Å². The first-order valence-electron chi connectivity index (χ1n) is 10.3. The van der Waals surface area contributed by atoms with Crippen molar-refractivity contribution in [1.82, 2.24) is 9.88 Å². The number of hydrogen-bond donors (Lipinski definition) is 1. The number of benzene rings is 2. The van der Waals surface area contributed by atoms with Crippen molar-refractivity contribution in [3.8, 4) is 5.75 Å². The van der Waals surface area contributed by atoms with E-state index in [2.05, 4.69) is 16.0 Å². The van der Waals surface area contributed by atoms with E-state index in [1.54, 1.807) is 0 Å². The number of piperidine rings is 1. The van der Waals surface area contributed by atoms with Crippen molar-refractivity contribution in [1.29, 1.82) is 0 Å². The van der Waals surface area contributed by atoms with Crippen LogP contribution in [0.5, 0.6) is 5.75 Å². The van der Waals surface area contributed by atoms with Gasteiger partial charge in [-0.1, -0.05) is 29.8 Å². The van der Waals surface area contributed by atoms with E-state index < -0.39 is 0 Å². The fourth-order valence-corrected chi connectivity index (χ4v) is 4.37. The number of para-hydroxylation sites is 1. The van der Waals surface area contributed by atoms with Gasteiger partial charge in [0, 0.05) is 35.0 Å². The van der Waals surface area contributed by atoms with Crippen LogP contribution in [0, 0.1) is 5.92 Å². The van der Waals surface area contributed by atoms with Crippen molar-refractivity contribution < 1.29 is 9.53 Å². The molecular weight excluding hydrogens is 384 g/mol. The lowest BCUT2D eigenvalue weighted by Gasteiger charge is -2.22. The smallest absolute Gasteiger partial charge is 0.165 e. The predicted octanol–water partition coefficient (Wildman–Crippen LogP) is 5.37. The number of rotatable bonds is 7. The van der Waals surface area contributed by atoms with Crippen molar-refractivity contribution in [2.75, 3.05) is 13.1 Å². The summed E-state index contributed by atoms with van der Waals surface area (Å²) >= 11 is 5.96. The van der Waals surface area contributed by atoms with E-state index in [9.17, 15) is 4.79 Å². The number of ketones is 1. The summed E-state index contributed by atoms with van der Waals surface area (Å²) in [6.07, 6.45) is 3.87. The van der Waals surface area contributed by atoms with Crippen LogP contribution in [0.15, 0.2) is 48.5 Å². The molecule has 1 saturated heterocycles. The Morgan fingerprint density at radius 2 is 1.86 bits per heavy atom. The van der Waals surface area contributed by atoms with Gasteiger partial charge in [-0.2, -0.15) is 0 Å². The number of halogens is 1. The zero-order chi connectivity index (χ0) is 20.2. The summed E-state index contributed by atoms with van der Waals surface area (Å²) in [6, 6.07) is 15.4. The van der Waals surface area contributed by atoms with Crippen molar-refractivity contribution >= 4 is 28.3 Å². The molecule has 4 nitrogen and oxygen atoms in total. The molecule has 152 valence electrons. The van der Waals surface area contributed by atoms with Crippen molar-refractivity contribution in [2.24, 2.45) is 13.0 Å². The second-order valence-corrected chi connectivity index (χ2v) is 8.23. The normalized spacial score (nSPS) is 15.0. The van der Waals surface area contributed by atoms with Crippen LogP contribution in [0.2, 0.25) is 5.02 Å². The Hall–Kier alpha value is -2.30. The van der Waals surface area contributed by atoms with Crippen molar-refractivity contribution in [2.45, 2.75) is 32.3 Å².